The van der Waals surface area contributed by atoms with Crippen LogP contribution in [0, 0.1) is 5.92 Å². The molecule has 8 heteroatoms. The van der Waals surface area contributed by atoms with Crippen molar-refractivity contribution < 1.29 is 17.9 Å². The highest BCUT2D eigenvalue weighted by molar-refractivity contribution is 5.79. The molecule has 1 aromatic carbocycles. The van der Waals surface area contributed by atoms with Crippen molar-refractivity contribution in [2.24, 2.45) is 5.92 Å². The van der Waals surface area contributed by atoms with E-state index in [-0.39, 0.29) is 17.0 Å². The number of fused-ring (bicyclic) bond motifs is 1. The van der Waals surface area contributed by atoms with Gasteiger partial charge in [-0.2, -0.15) is 0 Å². The van der Waals surface area contributed by atoms with Crippen LogP contribution in [0.1, 0.15) is 58.3 Å². The number of ether oxygens (including phenoxy) is 1. The first kappa shape index (κ1) is 21.6. The predicted octanol–water partition coefficient (Wildman–Crippen LogP) is 4.89. The van der Waals surface area contributed by atoms with Gasteiger partial charge in [0.25, 0.3) is 5.56 Å². The maximum Gasteiger partial charge on any atom is 0.573 e. The summed E-state index contributed by atoms with van der Waals surface area (Å²) in [4.78, 5) is 20.3. The molecule has 1 saturated heterocycles. The number of alkyl halides is 3. The first-order chi connectivity index (χ1) is 13.7. The largest absolute Gasteiger partial charge is 0.573 e. The Hall–Kier alpha value is -2.09. The van der Waals surface area contributed by atoms with Gasteiger partial charge in [-0.3, -0.25) is 14.3 Å². The molecule has 160 valence electrons. The van der Waals surface area contributed by atoms with Crippen LogP contribution in [-0.4, -0.2) is 33.9 Å². The molecule has 1 fully saturated rings. The summed E-state index contributed by atoms with van der Waals surface area (Å²) in [6.07, 6.45) is -0.667. The molecule has 0 unspecified atom stereocenters. The van der Waals surface area contributed by atoms with Gasteiger partial charge in [0.05, 0.1) is 16.9 Å². The van der Waals surface area contributed by atoms with Crippen LogP contribution in [0.25, 0.3) is 10.9 Å². The molecule has 2 atom stereocenters. The second kappa shape index (κ2) is 8.73. The summed E-state index contributed by atoms with van der Waals surface area (Å²) in [7, 11) is 0. The van der Waals surface area contributed by atoms with Crippen molar-refractivity contribution in [1.82, 2.24) is 14.5 Å². The number of aromatic nitrogens is 2. The summed E-state index contributed by atoms with van der Waals surface area (Å²) in [5.74, 6) is 0.882. The van der Waals surface area contributed by atoms with Gasteiger partial charge in [-0.25, -0.2) is 4.98 Å². The molecule has 5 nitrogen and oxygen atoms in total. The number of rotatable bonds is 6. The highest BCUT2D eigenvalue weighted by Gasteiger charge is 2.32. The first-order valence-electron chi connectivity index (χ1n) is 10.3. The third kappa shape index (κ3) is 4.91. The van der Waals surface area contributed by atoms with Crippen LogP contribution in [0.4, 0.5) is 13.2 Å². The average Bonchev–Trinajstić information content (AvgIpc) is 2.65. The van der Waals surface area contributed by atoms with Crippen LogP contribution in [0.3, 0.4) is 0 Å². The standard InChI is InChI=1S/C21H28F3N3O2/c1-4-7-18(26-11-6-8-14(3)13-26)19-25-17-10-9-15(29-21(22,23)24)12-16(17)20(28)27(19)5-2/h9-10,12,14,18H,4-8,11,13H2,1-3H3/t14-,18-/m1/s1. The van der Waals surface area contributed by atoms with Crippen LogP contribution in [-0.2, 0) is 6.54 Å². The van der Waals surface area contributed by atoms with Crippen LogP contribution in [0.5, 0.6) is 5.75 Å². The van der Waals surface area contributed by atoms with Crippen LogP contribution < -0.4 is 10.3 Å². The Balaban J connectivity index is 2.08. The van der Waals surface area contributed by atoms with E-state index in [1.54, 1.807) is 4.57 Å². The molecule has 3 rings (SSSR count). The number of hydrogen-bond donors (Lipinski definition) is 0. The van der Waals surface area contributed by atoms with Gasteiger partial charge in [0.15, 0.2) is 0 Å². The van der Waals surface area contributed by atoms with Crippen LogP contribution in [0.2, 0.25) is 0 Å². The average molecular weight is 411 g/mol. The Morgan fingerprint density at radius 2 is 2.07 bits per heavy atom. The smallest absolute Gasteiger partial charge is 0.406 e. The summed E-state index contributed by atoms with van der Waals surface area (Å²) >= 11 is 0. The van der Waals surface area contributed by atoms with Crippen LogP contribution in [0.15, 0.2) is 23.0 Å². The normalized spacial score (nSPS) is 19.4. The lowest BCUT2D eigenvalue weighted by Crippen LogP contribution is -2.40. The lowest BCUT2D eigenvalue weighted by Gasteiger charge is -2.37. The van der Waals surface area contributed by atoms with E-state index in [0.29, 0.717) is 23.8 Å². The molecule has 0 radical (unpaired) electrons. The fraction of sp³-hybridized carbons (Fsp3) is 0.619. The first-order valence-corrected chi connectivity index (χ1v) is 10.3. The zero-order valence-electron chi connectivity index (χ0n) is 17.1. The van der Waals surface area contributed by atoms with Crippen molar-refractivity contribution in [2.75, 3.05) is 13.1 Å². The molecule has 0 aliphatic carbocycles. The summed E-state index contributed by atoms with van der Waals surface area (Å²) < 4.78 is 43.2. The van der Waals surface area contributed by atoms with E-state index in [1.165, 1.54) is 18.6 Å². The molecule has 1 aliphatic rings. The molecule has 1 aromatic heterocycles. The van der Waals surface area contributed by atoms with Crippen molar-refractivity contribution >= 4 is 10.9 Å². The maximum absolute atomic E-state index is 13.1. The van der Waals surface area contributed by atoms with E-state index in [2.05, 4.69) is 23.5 Å². The van der Waals surface area contributed by atoms with Crippen molar-refractivity contribution in [3.8, 4) is 5.75 Å². The van der Waals surface area contributed by atoms with Gasteiger partial charge in [-0.15, -0.1) is 13.2 Å². The van der Waals surface area contributed by atoms with E-state index in [9.17, 15) is 18.0 Å². The van der Waals surface area contributed by atoms with Crippen LogP contribution >= 0.6 is 0 Å². The molecule has 0 bridgehead atoms. The minimum atomic E-state index is -4.80. The highest BCUT2D eigenvalue weighted by Crippen LogP contribution is 2.31. The molecule has 0 amide bonds. The van der Waals surface area contributed by atoms with Crippen molar-refractivity contribution in [3.63, 3.8) is 0 Å². The van der Waals surface area contributed by atoms with Gasteiger partial charge >= 0.3 is 6.36 Å². The Kier molecular flexibility index (Phi) is 6.51. The Morgan fingerprint density at radius 1 is 1.31 bits per heavy atom. The Bertz CT molecular complexity index is 910. The molecule has 2 aromatic rings. The zero-order chi connectivity index (χ0) is 21.2. The topological polar surface area (TPSA) is 47.4 Å². The molecule has 0 spiro atoms. The molecule has 29 heavy (non-hydrogen) atoms. The highest BCUT2D eigenvalue weighted by atomic mass is 19.4. The van der Waals surface area contributed by atoms with E-state index in [1.807, 2.05) is 6.92 Å². The minimum absolute atomic E-state index is 0.0194. The quantitative estimate of drug-likeness (QED) is 0.679. The van der Waals surface area contributed by atoms with Gasteiger partial charge < -0.3 is 4.74 Å². The summed E-state index contributed by atoms with van der Waals surface area (Å²) in [5.41, 5.74) is 0.0710. The van der Waals surface area contributed by atoms with Crippen molar-refractivity contribution in [1.29, 1.82) is 0 Å². The molecule has 1 aliphatic heterocycles. The molecular weight excluding hydrogens is 383 g/mol. The maximum atomic E-state index is 13.1. The third-order valence-electron chi connectivity index (χ3n) is 5.49. The number of hydrogen-bond acceptors (Lipinski definition) is 4. The predicted molar refractivity (Wildman–Crippen MR) is 106 cm³/mol. The number of nitrogens with zero attached hydrogens (tertiary/aromatic N) is 3. The Morgan fingerprint density at radius 3 is 2.69 bits per heavy atom. The molecular formula is C21H28F3N3O2. The number of benzene rings is 1. The monoisotopic (exact) mass is 411 g/mol. The number of halogens is 3. The van der Waals surface area contributed by atoms with E-state index in [0.717, 1.165) is 38.4 Å². The SMILES string of the molecule is CCC[C@H](c1nc2ccc(OC(F)(F)F)cc2c(=O)n1CC)N1CCC[C@@H](C)C1. The van der Waals surface area contributed by atoms with Gasteiger partial charge in [-0.05, 0) is 56.8 Å². The molecule has 2 heterocycles. The van der Waals surface area contributed by atoms with Gasteiger partial charge in [-0.1, -0.05) is 20.3 Å². The van der Waals surface area contributed by atoms with E-state index < -0.39 is 12.1 Å². The molecule has 0 saturated carbocycles. The lowest BCUT2D eigenvalue weighted by atomic mass is 9.97. The fourth-order valence-corrected chi connectivity index (χ4v) is 4.23. The Labute approximate surface area is 168 Å². The lowest BCUT2D eigenvalue weighted by molar-refractivity contribution is -0.274. The van der Waals surface area contributed by atoms with Gasteiger partial charge in [0, 0.05) is 13.1 Å². The second-order valence-electron chi connectivity index (χ2n) is 7.79. The van der Waals surface area contributed by atoms with Gasteiger partial charge in [0.2, 0.25) is 0 Å². The fourth-order valence-electron chi connectivity index (χ4n) is 4.23. The van der Waals surface area contributed by atoms with Gasteiger partial charge in [0.1, 0.15) is 11.6 Å². The summed E-state index contributed by atoms with van der Waals surface area (Å²) in [6.45, 7) is 8.53. The number of piperidine rings is 1. The minimum Gasteiger partial charge on any atom is -0.406 e. The second-order valence-corrected chi connectivity index (χ2v) is 7.79. The van der Waals surface area contributed by atoms with E-state index >= 15 is 0 Å². The van der Waals surface area contributed by atoms with Crippen molar-refractivity contribution in [2.45, 2.75) is 65.4 Å². The summed E-state index contributed by atoms with van der Waals surface area (Å²) in [5, 5.41) is 0.139. The van der Waals surface area contributed by atoms with Crippen molar-refractivity contribution in [3.05, 3.63) is 34.4 Å². The molecule has 0 N–H and O–H groups in total. The third-order valence-corrected chi connectivity index (χ3v) is 5.49. The number of likely N-dealkylation sites (tertiary alicyclic amines) is 1. The zero-order valence-corrected chi connectivity index (χ0v) is 17.1. The van der Waals surface area contributed by atoms with E-state index in [4.69, 9.17) is 4.98 Å². The summed E-state index contributed by atoms with van der Waals surface area (Å²) in [6, 6.07) is 3.79.